The zero-order valence-corrected chi connectivity index (χ0v) is 17.2. The number of rotatable bonds is 5. The minimum absolute atomic E-state index is 0.0306. The van der Waals surface area contributed by atoms with Crippen molar-refractivity contribution >= 4 is 52.5 Å². The fourth-order valence-corrected chi connectivity index (χ4v) is 4.32. The Morgan fingerprint density at radius 2 is 2.00 bits per heavy atom. The molecular formula is C20H19Cl2NO3S. The number of ether oxygens (including phenoxy) is 1. The van der Waals surface area contributed by atoms with E-state index in [4.69, 9.17) is 27.9 Å². The molecule has 1 heterocycles. The number of thioether (sulfide) groups is 1. The number of nitrogens with zero attached hydrogens (tertiary/aromatic N) is 1. The highest BCUT2D eigenvalue weighted by molar-refractivity contribution is 7.99. The van der Waals surface area contributed by atoms with E-state index in [2.05, 4.69) is 0 Å². The van der Waals surface area contributed by atoms with Gasteiger partial charge in [0.25, 0.3) is 0 Å². The summed E-state index contributed by atoms with van der Waals surface area (Å²) in [6.07, 6.45) is 1.59. The van der Waals surface area contributed by atoms with Crippen LogP contribution in [0.4, 0.5) is 5.69 Å². The molecule has 2 aromatic carbocycles. The molecule has 142 valence electrons. The summed E-state index contributed by atoms with van der Waals surface area (Å²) in [7, 11) is 1.37. The number of methoxy groups -OCH3 is 1. The SMILES string of the molecule is COC(=O)c1cccc2c1CCCN2C(=O)CSCc1ccc(Cl)c(Cl)c1. The Hall–Kier alpha value is -1.69. The van der Waals surface area contributed by atoms with Gasteiger partial charge in [-0.1, -0.05) is 35.3 Å². The van der Waals surface area contributed by atoms with E-state index in [0.717, 1.165) is 29.7 Å². The summed E-state index contributed by atoms with van der Waals surface area (Å²) in [4.78, 5) is 26.5. The summed E-state index contributed by atoms with van der Waals surface area (Å²) in [6.45, 7) is 0.657. The first kappa shape index (κ1) is 20.1. The number of carbonyl (C=O) groups excluding carboxylic acids is 2. The number of hydrogen-bond acceptors (Lipinski definition) is 4. The van der Waals surface area contributed by atoms with Crippen LogP contribution in [0.1, 0.15) is 27.9 Å². The first-order valence-electron chi connectivity index (χ1n) is 8.53. The van der Waals surface area contributed by atoms with E-state index in [1.165, 1.54) is 18.9 Å². The predicted molar refractivity (Wildman–Crippen MR) is 111 cm³/mol. The average molecular weight is 424 g/mol. The van der Waals surface area contributed by atoms with Gasteiger partial charge in [-0.15, -0.1) is 11.8 Å². The predicted octanol–water partition coefficient (Wildman–Crippen LogP) is 4.99. The highest BCUT2D eigenvalue weighted by Gasteiger charge is 2.26. The minimum Gasteiger partial charge on any atom is -0.465 e. The maximum atomic E-state index is 12.8. The Morgan fingerprint density at radius 3 is 2.74 bits per heavy atom. The maximum absolute atomic E-state index is 12.8. The molecule has 27 heavy (non-hydrogen) atoms. The van der Waals surface area contributed by atoms with E-state index in [1.807, 2.05) is 18.2 Å². The number of halogens is 2. The Bertz CT molecular complexity index is 872. The lowest BCUT2D eigenvalue weighted by Gasteiger charge is -2.30. The Morgan fingerprint density at radius 1 is 1.19 bits per heavy atom. The van der Waals surface area contributed by atoms with Crippen molar-refractivity contribution in [3.63, 3.8) is 0 Å². The zero-order chi connectivity index (χ0) is 19.4. The smallest absolute Gasteiger partial charge is 0.338 e. The molecule has 4 nitrogen and oxygen atoms in total. The van der Waals surface area contributed by atoms with Gasteiger partial charge in [0.1, 0.15) is 0 Å². The third-order valence-corrected chi connectivity index (χ3v) is 6.16. The van der Waals surface area contributed by atoms with Crippen molar-refractivity contribution in [2.75, 3.05) is 24.3 Å². The first-order chi connectivity index (χ1) is 13.0. The number of fused-ring (bicyclic) bond motifs is 1. The van der Waals surface area contributed by atoms with Gasteiger partial charge in [-0.25, -0.2) is 4.79 Å². The van der Waals surface area contributed by atoms with Crippen LogP contribution >= 0.6 is 35.0 Å². The van der Waals surface area contributed by atoms with E-state index in [9.17, 15) is 9.59 Å². The summed E-state index contributed by atoms with van der Waals surface area (Å²) >= 11 is 13.5. The molecule has 7 heteroatoms. The molecular weight excluding hydrogens is 405 g/mol. The summed E-state index contributed by atoms with van der Waals surface area (Å²) < 4.78 is 4.86. The van der Waals surface area contributed by atoms with Crippen molar-refractivity contribution in [2.45, 2.75) is 18.6 Å². The summed E-state index contributed by atoms with van der Waals surface area (Å²) in [5, 5.41) is 1.04. The van der Waals surface area contributed by atoms with E-state index in [-0.39, 0.29) is 11.9 Å². The van der Waals surface area contributed by atoms with E-state index in [1.54, 1.807) is 23.1 Å². The van der Waals surface area contributed by atoms with Crippen LogP contribution < -0.4 is 4.90 Å². The fourth-order valence-electron chi connectivity index (χ4n) is 3.15. The molecule has 0 bridgehead atoms. The number of carbonyl (C=O) groups is 2. The standard InChI is InChI=1S/C20H19Cl2NO3S/c1-26-20(25)15-4-2-6-18-14(15)5-3-9-23(18)19(24)12-27-11-13-7-8-16(21)17(22)10-13/h2,4,6-8,10H,3,5,9,11-12H2,1H3. The van der Waals surface area contributed by atoms with Crippen molar-refractivity contribution in [3.8, 4) is 0 Å². The number of benzene rings is 2. The molecule has 0 radical (unpaired) electrons. The second-order valence-electron chi connectivity index (χ2n) is 6.19. The van der Waals surface area contributed by atoms with Crippen LogP contribution in [0.25, 0.3) is 0 Å². The summed E-state index contributed by atoms with van der Waals surface area (Å²) in [5.41, 5.74) is 3.26. The van der Waals surface area contributed by atoms with E-state index in [0.29, 0.717) is 33.7 Å². The molecule has 0 saturated heterocycles. The maximum Gasteiger partial charge on any atom is 0.338 e. The van der Waals surface area contributed by atoms with Crippen LogP contribution in [0.3, 0.4) is 0 Å². The van der Waals surface area contributed by atoms with Crippen LogP contribution in [0.15, 0.2) is 36.4 Å². The van der Waals surface area contributed by atoms with Gasteiger partial charge in [0, 0.05) is 18.0 Å². The monoisotopic (exact) mass is 423 g/mol. The average Bonchev–Trinajstić information content (AvgIpc) is 2.69. The lowest BCUT2D eigenvalue weighted by Crippen LogP contribution is -2.37. The molecule has 1 aliphatic rings. The molecule has 0 unspecified atom stereocenters. The minimum atomic E-state index is -0.366. The highest BCUT2D eigenvalue weighted by atomic mass is 35.5. The van der Waals surface area contributed by atoms with Gasteiger partial charge in [-0.3, -0.25) is 4.79 Å². The van der Waals surface area contributed by atoms with Crippen molar-refractivity contribution in [1.29, 1.82) is 0 Å². The van der Waals surface area contributed by atoms with Gasteiger partial charge >= 0.3 is 5.97 Å². The van der Waals surface area contributed by atoms with Gasteiger partial charge in [0.05, 0.1) is 28.5 Å². The number of amides is 1. The first-order valence-corrected chi connectivity index (χ1v) is 10.4. The van der Waals surface area contributed by atoms with E-state index >= 15 is 0 Å². The molecule has 0 aliphatic carbocycles. The lowest BCUT2D eigenvalue weighted by molar-refractivity contribution is -0.116. The number of anilines is 1. The van der Waals surface area contributed by atoms with Gasteiger partial charge in [0.15, 0.2) is 0 Å². The van der Waals surface area contributed by atoms with Crippen molar-refractivity contribution in [3.05, 3.63) is 63.1 Å². The van der Waals surface area contributed by atoms with Crippen molar-refractivity contribution in [2.24, 2.45) is 0 Å². The van der Waals surface area contributed by atoms with Gasteiger partial charge < -0.3 is 9.64 Å². The normalized spacial score (nSPS) is 13.2. The third kappa shape index (κ3) is 4.60. The fraction of sp³-hybridized carbons (Fsp3) is 0.300. The van der Waals surface area contributed by atoms with Gasteiger partial charge in [-0.05, 0) is 48.2 Å². The topological polar surface area (TPSA) is 46.6 Å². The molecule has 0 aromatic heterocycles. The number of hydrogen-bond donors (Lipinski definition) is 0. The largest absolute Gasteiger partial charge is 0.465 e. The van der Waals surface area contributed by atoms with Crippen LogP contribution in [-0.2, 0) is 21.7 Å². The Labute approximate surface area is 172 Å². The van der Waals surface area contributed by atoms with Crippen LogP contribution in [-0.4, -0.2) is 31.3 Å². The molecule has 0 saturated carbocycles. The second-order valence-corrected chi connectivity index (χ2v) is 7.99. The van der Waals surface area contributed by atoms with Crippen molar-refractivity contribution in [1.82, 2.24) is 0 Å². The van der Waals surface area contributed by atoms with Crippen molar-refractivity contribution < 1.29 is 14.3 Å². The second kappa shape index (κ2) is 9.00. The van der Waals surface area contributed by atoms with Gasteiger partial charge in [-0.2, -0.15) is 0 Å². The Kier molecular flexibility index (Phi) is 6.68. The molecule has 0 spiro atoms. The van der Waals surface area contributed by atoms with Crippen LogP contribution in [0.5, 0.6) is 0 Å². The molecule has 2 aromatic rings. The van der Waals surface area contributed by atoms with Gasteiger partial charge in [0.2, 0.25) is 5.91 Å². The van der Waals surface area contributed by atoms with E-state index < -0.39 is 0 Å². The van der Waals surface area contributed by atoms with Crippen LogP contribution in [0, 0.1) is 0 Å². The highest BCUT2D eigenvalue weighted by Crippen LogP contribution is 2.31. The molecule has 1 aliphatic heterocycles. The Balaban J connectivity index is 1.68. The zero-order valence-electron chi connectivity index (χ0n) is 14.8. The third-order valence-electron chi connectivity index (χ3n) is 4.44. The molecule has 0 N–H and O–H groups in total. The van der Waals surface area contributed by atoms with Crippen LogP contribution in [0.2, 0.25) is 10.0 Å². The summed E-state index contributed by atoms with van der Waals surface area (Å²) in [6, 6.07) is 10.9. The number of esters is 1. The molecule has 3 rings (SSSR count). The molecule has 1 amide bonds. The quantitative estimate of drug-likeness (QED) is 0.635. The molecule has 0 atom stereocenters. The lowest BCUT2D eigenvalue weighted by atomic mass is 9.96. The summed E-state index contributed by atoms with van der Waals surface area (Å²) in [5.74, 6) is 0.686. The molecule has 0 fully saturated rings.